The van der Waals surface area contributed by atoms with Crippen LogP contribution in [-0.2, 0) is 4.74 Å². The average Bonchev–Trinajstić information content (AvgIpc) is 2.72. The highest BCUT2D eigenvalue weighted by Gasteiger charge is 2.25. The van der Waals surface area contributed by atoms with Gasteiger partial charge in [0.1, 0.15) is 0 Å². The predicted molar refractivity (Wildman–Crippen MR) is 130 cm³/mol. The van der Waals surface area contributed by atoms with Gasteiger partial charge in [0, 0.05) is 13.2 Å². The van der Waals surface area contributed by atoms with Crippen LogP contribution in [-0.4, -0.2) is 23.9 Å². The molecule has 0 aromatic heterocycles. The Morgan fingerprint density at radius 1 is 0.448 bits per heavy atom. The van der Waals surface area contributed by atoms with Crippen molar-refractivity contribution < 1.29 is 9.84 Å². The lowest BCUT2D eigenvalue weighted by Gasteiger charge is -2.28. The molecule has 0 aliphatic carbocycles. The zero-order valence-electron chi connectivity index (χ0n) is 20.6. The molecule has 0 fully saturated rings. The van der Waals surface area contributed by atoms with Gasteiger partial charge in [-0.3, -0.25) is 0 Å². The molecule has 0 bridgehead atoms. The summed E-state index contributed by atoms with van der Waals surface area (Å²) in [5.74, 6) is 0. The third-order valence-corrected chi connectivity index (χ3v) is 6.35. The van der Waals surface area contributed by atoms with Crippen molar-refractivity contribution >= 4 is 0 Å². The Morgan fingerprint density at radius 3 is 1.24 bits per heavy atom. The summed E-state index contributed by atoms with van der Waals surface area (Å²) in [4.78, 5) is 0. The van der Waals surface area contributed by atoms with Crippen LogP contribution in [0.2, 0.25) is 0 Å². The smallest absolute Gasteiger partial charge is 0.0669 e. The molecule has 0 rings (SSSR count). The van der Waals surface area contributed by atoms with Gasteiger partial charge in [-0.05, 0) is 25.7 Å². The molecule has 0 spiro atoms. The number of hydrogen-bond donors (Lipinski definition) is 1. The maximum Gasteiger partial charge on any atom is 0.0669 e. The lowest BCUT2D eigenvalue weighted by atomic mass is 9.87. The second-order valence-electron chi connectivity index (χ2n) is 9.39. The molecule has 2 heteroatoms. The summed E-state index contributed by atoms with van der Waals surface area (Å²) in [6, 6.07) is 0. The number of ether oxygens (including phenoxy) is 1. The van der Waals surface area contributed by atoms with Crippen molar-refractivity contribution in [2.45, 2.75) is 161 Å². The summed E-state index contributed by atoms with van der Waals surface area (Å²) in [5.41, 5.74) is -0.489. The minimum absolute atomic E-state index is 0.489. The van der Waals surface area contributed by atoms with Gasteiger partial charge in [-0.15, -0.1) is 0 Å². The molecule has 0 atom stereocenters. The fourth-order valence-electron chi connectivity index (χ4n) is 4.16. The van der Waals surface area contributed by atoms with E-state index >= 15 is 0 Å². The molecular weight excluding hydrogens is 356 g/mol. The third-order valence-electron chi connectivity index (χ3n) is 6.35. The second kappa shape index (κ2) is 22.6. The van der Waals surface area contributed by atoms with Crippen LogP contribution in [0.3, 0.4) is 0 Å². The number of hydrogen-bond acceptors (Lipinski definition) is 2. The summed E-state index contributed by atoms with van der Waals surface area (Å²) in [7, 11) is 0. The van der Waals surface area contributed by atoms with E-state index in [1.54, 1.807) is 0 Å². The zero-order valence-corrected chi connectivity index (χ0v) is 20.6. The van der Waals surface area contributed by atoms with E-state index in [0.29, 0.717) is 0 Å². The molecule has 2 nitrogen and oxygen atoms in total. The first kappa shape index (κ1) is 28.9. The first-order chi connectivity index (χ1) is 14.2. The maximum absolute atomic E-state index is 11.2. The lowest BCUT2D eigenvalue weighted by molar-refractivity contribution is -0.0172. The molecule has 29 heavy (non-hydrogen) atoms. The normalized spacial score (nSPS) is 12.0. The summed E-state index contributed by atoms with van der Waals surface area (Å²) in [5, 5.41) is 11.2. The van der Waals surface area contributed by atoms with Crippen LogP contribution in [0.5, 0.6) is 0 Å². The van der Waals surface area contributed by atoms with Crippen molar-refractivity contribution in [3.8, 4) is 0 Å². The van der Waals surface area contributed by atoms with E-state index < -0.39 is 5.60 Å². The topological polar surface area (TPSA) is 29.5 Å². The van der Waals surface area contributed by atoms with Crippen LogP contribution in [0.15, 0.2) is 0 Å². The highest BCUT2D eigenvalue weighted by Crippen LogP contribution is 2.27. The maximum atomic E-state index is 11.2. The van der Waals surface area contributed by atoms with E-state index in [0.717, 1.165) is 38.9 Å². The Labute approximate surface area is 184 Å². The largest absolute Gasteiger partial charge is 0.390 e. The van der Waals surface area contributed by atoms with Gasteiger partial charge in [-0.2, -0.15) is 0 Å². The van der Waals surface area contributed by atoms with E-state index in [2.05, 4.69) is 20.8 Å². The Bertz CT molecular complexity index is 283. The van der Waals surface area contributed by atoms with Crippen LogP contribution in [0.1, 0.15) is 156 Å². The lowest BCUT2D eigenvalue weighted by Crippen LogP contribution is -2.30. The molecule has 0 unspecified atom stereocenters. The van der Waals surface area contributed by atoms with Gasteiger partial charge in [-0.1, -0.05) is 130 Å². The van der Waals surface area contributed by atoms with Crippen molar-refractivity contribution in [2.75, 3.05) is 13.2 Å². The van der Waals surface area contributed by atoms with E-state index in [4.69, 9.17) is 4.74 Å². The molecule has 0 aliphatic heterocycles. The summed E-state index contributed by atoms with van der Waals surface area (Å²) >= 11 is 0. The van der Waals surface area contributed by atoms with Crippen LogP contribution >= 0.6 is 0 Å². The molecule has 0 aromatic carbocycles. The molecule has 0 aromatic rings. The summed E-state index contributed by atoms with van der Waals surface area (Å²) in [6.07, 6.45) is 26.4. The molecular formula is C27H56O2. The van der Waals surface area contributed by atoms with Crippen molar-refractivity contribution in [3.63, 3.8) is 0 Å². The van der Waals surface area contributed by atoms with E-state index in [1.165, 1.54) is 109 Å². The van der Waals surface area contributed by atoms with Gasteiger partial charge in [0.25, 0.3) is 0 Å². The molecule has 0 radical (unpaired) electrons. The predicted octanol–water partition coefficient (Wildman–Crippen LogP) is 8.99. The molecule has 0 amide bonds. The van der Waals surface area contributed by atoms with E-state index in [-0.39, 0.29) is 0 Å². The quantitative estimate of drug-likeness (QED) is 0.160. The molecule has 0 saturated heterocycles. The van der Waals surface area contributed by atoms with Crippen molar-refractivity contribution in [1.29, 1.82) is 0 Å². The fourth-order valence-corrected chi connectivity index (χ4v) is 4.16. The first-order valence-corrected chi connectivity index (χ1v) is 13.5. The van der Waals surface area contributed by atoms with Gasteiger partial charge in [0.05, 0.1) is 5.60 Å². The Kier molecular flexibility index (Phi) is 22.5. The monoisotopic (exact) mass is 412 g/mol. The number of unbranched alkanes of at least 4 members (excludes halogenated alkanes) is 15. The zero-order chi connectivity index (χ0) is 21.5. The van der Waals surface area contributed by atoms with Gasteiger partial charge in [0.15, 0.2) is 0 Å². The highest BCUT2D eigenvalue weighted by molar-refractivity contribution is 4.78. The van der Waals surface area contributed by atoms with Crippen LogP contribution in [0.4, 0.5) is 0 Å². The number of rotatable bonds is 24. The Morgan fingerprint density at radius 2 is 0.828 bits per heavy atom. The average molecular weight is 413 g/mol. The van der Waals surface area contributed by atoms with Gasteiger partial charge in [-0.25, -0.2) is 0 Å². The van der Waals surface area contributed by atoms with E-state index in [1.807, 2.05) is 0 Å². The SMILES string of the molecule is CCCCCCCCCCC(O)(CCCCCCCCCC)CCOCCCC. The van der Waals surface area contributed by atoms with Crippen LogP contribution in [0.25, 0.3) is 0 Å². The minimum atomic E-state index is -0.489. The summed E-state index contributed by atoms with van der Waals surface area (Å²) < 4.78 is 5.77. The number of aliphatic hydroxyl groups is 1. The molecule has 0 heterocycles. The van der Waals surface area contributed by atoms with Crippen molar-refractivity contribution in [3.05, 3.63) is 0 Å². The van der Waals surface area contributed by atoms with Crippen molar-refractivity contribution in [2.24, 2.45) is 0 Å². The Hall–Kier alpha value is -0.0800. The highest BCUT2D eigenvalue weighted by atomic mass is 16.5. The fraction of sp³-hybridized carbons (Fsp3) is 1.00. The van der Waals surface area contributed by atoms with Crippen molar-refractivity contribution in [1.82, 2.24) is 0 Å². The second-order valence-corrected chi connectivity index (χ2v) is 9.39. The summed E-state index contributed by atoms with van der Waals surface area (Å²) in [6.45, 7) is 8.33. The molecule has 1 N–H and O–H groups in total. The van der Waals surface area contributed by atoms with E-state index in [9.17, 15) is 5.11 Å². The minimum Gasteiger partial charge on any atom is -0.390 e. The molecule has 0 saturated carbocycles. The first-order valence-electron chi connectivity index (χ1n) is 13.5. The van der Waals surface area contributed by atoms with Crippen LogP contribution < -0.4 is 0 Å². The van der Waals surface area contributed by atoms with Gasteiger partial charge in [0.2, 0.25) is 0 Å². The Balaban J connectivity index is 3.99. The van der Waals surface area contributed by atoms with Gasteiger partial charge < -0.3 is 9.84 Å². The van der Waals surface area contributed by atoms with Crippen LogP contribution in [0, 0.1) is 0 Å². The van der Waals surface area contributed by atoms with Gasteiger partial charge >= 0.3 is 0 Å². The molecule has 0 aliphatic rings. The standard InChI is InChI=1S/C27H56O2/c1-4-7-10-12-14-16-18-20-22-27(28,24-26-29-25-9-6-3)23-21-19-17-15-13-11-8-5-2/h28H,4-26H2,1-3H3. The third kappa shape index (κ3) is 21.0. The molecule has 176 valence electrons.